The number of amides is 1. The summed E-state index contributed by atoms with van der Waals surface area (Å²) >= 11 is 1.43. The minimum absolute atomic E-state index is 0.0332. The fourth-order valence-electron chi connectivity index (χ4n) is 1.20. The van der Waals surface area contributed by atoms with Gasteiger partial charge in [0.25, 0.3) is 0 Å². The molecule has 1 N–H and O–H groups in total. The van der Waals surface area contributed by atoms with Gasteiger partial charge in [0.2, 0.25) is 5.91 Å². The highest BCUT2D eigenvalue weighted by Gasteiger charge is 2.17. The van der Waals surface area contributed by atoms with Gasteiger partial charge >= 0.3 is 0 Å². The average molecular weight is 242 g/mol. The second-order valence-electron chi connectivity index (χ2n) is 3.77. The van der Waals surface area contributed by atoms with E-state index in [1.807, 2.05) is 18.4 Å². The zero-order valence-electron chi connectivity index (χ0n) is 10.1. The summed E-state index contributed by atoms with van der Waals surface area (Å²) in [7, 11) is 0. The number of nitrogens with zero attached hydrogens (tertiary/aromatic N) is 3. The third-order valence-electron chi connectivity index (χ3n) is 2.10. The van der Waals surface area contributed by atoms with E-state index >= 15 is 0 Å². The second kappa shape index (κ2) is 5.89. The van der Waals surface area contributed by atoms with Gasteiger partial charge in [0.1, 0.15) is 6.33 Å². The van der Waals surface area contributed by atoms with Crippen LogP contribution in [0.4, 0.5) is 0 Å². The lowest BCUT2D eigenvalue weighted by molar-refractivity contribution is -0.120. The molecular formula is C10H18N4OS. The van der Waals surface area contributed by atoms with Gasteiger partial charge in [-0.3, -0.25) is 4.79 Å². The predicted octanol–water partition coefficient (Wildman–Crippen LogP) is 1.48. The van der Waals surface area contributed by atoms with E-state index in [-0.39, 0.29) is 11.2 Å². The van der Waals surface area contributed by atoms with Crippen LogP contribution in [0.15, 0.2) is 11.5 Å². The molecule has 5 nitrogen and oxygen atoms in total. The van der Waals surface area contributed by atoms with Crippen LogP contribution in [-0.4, -0.2) is 32.5 Å². The summed E-state index contributed by atoms with van der Waals surface area (Å²) in [5.74, 6) is 0.0332. The van der Waals surface area contributed by atoms with E-state index in [9.17, 15) is 4.79 Å². The molecule has 1 rings (SSSR count). The predicted molar refractivity (Wildman–Crippen MR) is 64.4 cm³/mol. The Morgan fingerprint density at radius 2 is 2.25 bits per heavy atom. The molecule has 1 heterocycles. The standard InChI is InChI=1S/C10H18N4OS/c1-5-11-9(15)8(4)16-10-13-12-6-14(10)7(2)3/h6-8H,5H2,1-4H3,(H,11,15)/t8-/m1/s1. The van der Waals surface area contributed by atoms with E-state index < -0.39 is 0 Å². The number of nitrogens with one attached hydrogen (secondary N) is 1. The molecule has 1 aromatic heterocycles. The molecule has 0 unspecified atom stereocenters. The number of hydrogen-bond acceptors (Lipinski definition) is 4. The Balaban J connectivity index is 2.65. The van der Waals surface area contributed by atoms with E-state index in [1.54, 1.807) is 6.33 Å². The molecule has 0 fully saturated rings. The Morgan fingerprint density at radius 1 is 1.56 bits per heavy atom. The first-order chi connectivity index (χ1) is 7.56. The van der Waals surface area contributed by atoms with E-state index in [0.717, 1.165) is 5.16 Å². The quantitative estimate of drug-likeness (QED) is 0.794. The van der Waals surface area contributed by atoms with Gasteiger partial charge in [-0.25, -0.2) is 0 Å². The Labute approximate surface area is 100 Å². The monoisotopic (exact) mass is 242 g/mol. The van der Waals surface area contributed by atoms with Crippen molar-refractivity contribution < 1.29 is 4.79 Å². The fourth-order valence-corrected chi connectivity index (χ4v) is 2.18. The first-order valence-electron chi connectivity index (χ1n) is 5.40. The highest BCUT2D eigenvalue weighted by molar-refractivity contribution is 8.00. The lowest BCUT2D eigenvalue weighted by Crippen LogP contribution is -2.30. The first kappa shape index (κ1) is 13.0. The SMILES string of the molecule is CCNC(=O)[C@@H](C)Sc1nncn1C(C)C. The van der Waals surface area contributed by atoms with Crippen LogP contribution in [0, 0.1) is 0 Å². The van der Waals surface area contributed by atoms with Crippen molar-refractivity contribution in [3.05, 3.63) is 6.33 Å². The van der Waals surface area contributed by atoms with Crippen molar-refractivity contribution >= 4 is 17.7 Å². The van der Waals surface area contributed by atoms with Gasteiger partial charge in [-0.05, 0) is 27.7 Å². The number of carbonyl (C=O) groups excluding carboxylic acids is 1. The van der Waals surface area contributed by atoms with Crippen molar-refractivity contribution in [3.8, 4) is 0 Å². The van der Waals surface area contributed by atoms with Crippen molar-refractivity contribution in [1.82, 2.24) is 20.1 Å². The summed E-state index contributed by atoms with van der Waals surface area (Å²) in [6.45, 7) is 8.55. The maximum atomic E-state index is 11.6. The van der Waals surface area contributed by atoms with Gasteiger partial charge < -0.3 is 9.88 Å². The number of carbonyl (C=O) groups is 1. The summed E-state index contributed by atoms with van der Waals surface area (Å²) in [5.41, 5.74) is 0. The summed E-state index contributed by atoms with van der Waals surface area (Å²) < 4.78 is 1.96. The molecule has 0 saturated carbocycles. The molecule has 1 atom stereocenters. The number of rotatable bonds is 5. The third-order valence-corrected chi connectivity index (χ3v) is 3.17. The Bertz CT molecular complexity index is 350. The minimum Gasteiger partial charge on any atom is -0.355 e. The Morgan fingerprint density at radius 3 is 2.81 bits per heavy atom. The molecule has 90 valence electrons. The van der Waals surface area contributed by atoms with Gasteiger partial charge in [-0.1, -0.05) is 11.8 Å². The first-order valence-corrected chi connectivity index (χ1v) is 6.28. The molecule has 0 aliphatic rings. The summed E-state index contributed by atoms with van der Waals surface area (Å²) in [4.78, 5) is 11.6. The molecule has 0 bridgehead atoms. The van der Waals surface area contributed by atoms with Crippen LogP contribution in [0.25, 0.3) is 0 Å². The Kier molecular flexibility index (Phi) is 4.79. The van der Waals surface area contributed by atoms with Crippen LogP contribution in [-0.2, 0) is 4.79 Å². The highest BCUT2D eigenvalue weighted by Crippen LogP contribution is 2.23. The van der Waals surface area contributed by atoms with E-state index in [4.69, 9.17) is 0 Å². The molecule has 0 aromatic carbocycles. The largest absolute Gasteiger partial charge is 0.355 e. The lowest BCUT2D eigenvalue weighted by Gasteiger charge is -2.13. The smallest absolute Gasteiger partial charge is 0.233 e. The highest BCUT2D eigenvalue weighted by atomic mass is 32.2. The van der Waals surface area contributed by atoms with Gasteiger partial charge in [0.15, 0.2) is 5.16 Å². The van der Waals surface area contributed by atoms with Gasteiger partial charge in [-0.2, -0.15) is 0 Å². The number of thioether (sulfide) groups is 1. The molecule has 0 spiro atoms. The second-order valence-corrected chi connectivity index (χ2v) is 5.08. The minimum atomic E-state index is -0.151. The van der Waals surface area contributed by atoms with Crippen LogP contribution in [0.2, 0.25) is 0 Å². The number of hydrogen-bond donors (Lipinski definition) is 1. The zero-order valence-corrected chi connectivity index (χ0v) is 10.9. The van der Waals surface area contributed by atoms with Crippen molar-refractivity contribution in [2.45, 2.75) is 44.1 Å². The molecular weight excluding hydrogens is 224 g/mol. The topological polar surface area (TPSA) is 59.8 Å². The lowest BCUT2D eigenvalue weighted by atomic mass is 10.4. The molecule has 0 aliphatic carbocycles. The molecule has 6 heteroatoms. The molecule has 0 aliphatic heterocycles. The maximum absolute atomic E-state index is 11.6. The molecule has 1 amide bonds. The summed E-state index contributed by atoms with van der Waals surface area (Å²) in [6.07, 6.45) is 1.69. The Hall–Kier alpha value is -1.04. The third kappa shape index (κ3) is 3.23. The molecule has 0 radical (unpaired) electrons. The van der Waals surface area contributed by atoms with Crippen molar-refractivity contribution in [2.24, 2.45) is 0 Å². The molecule has 0 saturated heterocycles. The molecule has 16 heavy (non-hydrogen) atoms. The van der Waals surface area contributed by atoms with E-state index in [2.05, 4.69) is 29.4 Å². The van der Waals surface area contributed by atoms with Crippen molar-refractivity contribution in [1.29, 1.82) is 0 Å². The van der Waals surface area contributed by atoms with Crippen LogP contribution in [0.5, 0.6) is 0 Å². The fraction of sp³-hybridized carbons (Fsp3) is 0.700. The van der Waals surface area contributed by atoms with Gasteiger partial charge in [0, 0.05) is 12.6 Å². The summed E-state index contributed by atoms with van der Waals surface area (Å²) in [6, 6.07) is 0.305. The van der Waals surface area contributed by atoms with Gasteiger partial charge in [0.05, 0.1) is 5.25 Å². The van der Waals surface area contributed by atoms with Crippen LogP contribution in [0.1, 0.15) is 33.7 Å². The molecule has 1 aromatic rings. The zero-order chi connectivity index (χ0) is 12.1. The van der Waals surface area contributed by atoms with Crippen LogP contribution < -0.4 is 5.32 Å². The van der Waals surface area contributed by atoms with E-state index in [0.29, 0.717) is 12.6 Å². The van der Waals surface area contributed by atoms with Gasteiger partial charge in [-0.15, -0.1) is 10.2 Å². The van der Waals surface area contributed by atoms with Crippen LogP contribution >= 0.6 is 11.8 Å². The maximum Gasteiger partial charge on any atom is 0.233 e. The normalized spacial score (nSPS) is 12.8. The summed E-state index contributed by atoms with van der Waals surface area (Å²) in [5, 5.41) is 11.3. The number of aromatic nitrogens is 3. The average Bonchev–Trinajstić information content (AvgIpc) is 2.66. The van der Waals surface area contributed by atoms with Crippen molar-refractivity contribution in [3.63, 3.8) is 0 Å². The van der Waals surface area contributed by atoms with Crippen LogP contribution in [0.3, 0.4) is 0 Å². The van der Waals surface area contributed by atoms with E-state index in [1.165, 1.54) is 11.8 Å². The van der Waals surface area contributed by atoms with Crippen molar-refractivity contribution in [2.75, 3.05) is 6.54 Å².